The molecule has 0 saturated carbocycles. The van der Waals surface area contributed by atoms with Crippen LogP contribution < -0.4 is 10.1 Å². The Hall–Kier alpha value is -2.32. The number of methoxy groups -OCH3 is 1. The molecule has 0 fully saturated rings. The van der Waals surface area contributed by atoms with Crippen molar-refractivity contribution in [2.45, 2.75) is 13.0 Å². The fraction of sp³-hybridized carbons (Fsp3) is 0.214. The summed E-state index contributed by atoms with van der Waals surface area (Å²) in [6.45, 7) is 1.98. The molecule has 6 heteroatoms. The molecule has 0 aliphatic heterocycles. The number of anilines is 1. The van der Waals surface area contributed by atoms with E-state index in [9.17, 15) is 0 Å². The van der Waals surface area contributed by atoms with E-state index in [0.29, 0.717) is 17.1 Å². The fourth-order valence-electron chi connectivity index (χ4n) is 1.77. The van der Waals surface area contributed by atoms with E-state index in [0.717, 1.165) is 5.56 Å². The summed E-state index contributed by atoms with van der Waals surface area (Å²) in [5.41, 5.74) is 1.66. The number of benzene rings is 1. The average Bonchev–Trinajstić information content (AvgIpc) is 2.47. The third kappa shape index (κ3) is 2.98. The second kappa shape index (κ2) is 6.22. The number of rotatable bonds is 4. The second-order valence-electron chi connectivity index (χ2n) is 4.15. The van der Waals surface area contributed by atoms with Crippen LogP contribution in [-0.4, -0.2) is 17.1 Å². The Labute approximate surface area is 122 Å². The Balaban J connectivity index is 2.21. The molecule has 1 aromatic heterocycles. The number of halogens is 1. The lowest BCUT2D eigenvalue weighted by molar-refractivity contribution is 0.412. The minimum Gasteiger partial charge on any atom is -0.490 e. The van der Waals surface area contributed by atoms with Crippen LogP contribution in [0.15, 0.2) is 30.6 Å². The highest BCUT2D eigenvalue weighted by Crippen LogP contribution is 2.30. The molecule has 1 heterocycles. The third-order valence-corrected chi connectivity index (χ3v) is 3.13. The molecule has 0 saturated heterocycles. The topological polar surface area (TPSA) is 70.8 Å². The van der Waals surface area contributed by atoms with E-state index in [2.05, 4.69) is 21.4 Å². The standard InChI is InChI=1S/C14H13ClN4O/c1-9(11-5-3-10(7-16)4-6-11)19-14-12(20-2)13(15)17-8-18-14/h3-6,8-9H,1-2H3,(H,17,18,19). The molecule has 2 rings (SSSR count). The first-order chi connectivity index (χ1) is 9.65. The summed E-state index contributed by atoms with van der Waals surface area (Å²) in [6, 6.07) is 9.42. The van der Waals surface area contributed by atoms with Crippen molar-refractivity contribution in [1.29, 1.82) is 5.26 Å². The average molecular weight is 289 g/mol. The minimum absolute atomic E-state index is 0.0115. The lowest BCUT2D eigenvalue weighted by atomic mass is 10.1. The van der Waals surface area contributed by atoms with Crippen molar-refractivity contribution >= 4 is 17.4 Å². The Morgan fingerprint density at radius 1 is 1.30 bits per heavy atom. The van der Waals surface area contributed by atoms with E-state index in [1.54, 1.807) is 12.1 Å². The van der Waals surface area contributed by atoms with E-state index in [-0.39, 0.29) is 11.2 Å². The maximum Gasteiger partial charge on any atom is 0.198 e. The molecule has 0 aliphatic rings. The van der Waals surface area contributed by atoms with Gasteiger partial charge >= 0.3 is 0 Å². The first kappa shape index (κ1) is 14.1. The van der Waals surface area contributed by atoms with Gasteiger partial charge in [0.15, 0.2) is 16.7 Å². The van der Waals surface area contributed by atoms with E-state index < -0.39 is 0 Å². The molecular weight excluding hydrogens is 276 g/mol. The molecular formula is C14H13ClN4O. The molecule has 0 amide bonds. The van der Waals surface area contributed by atoms with Crippen LogP contribution in [-0.2, 0) is 0 Å². The number of ether oxygens (including phenoxy) is 1. The number of hydrogen-bond acceptors (Lipinski definition) is 5. The van der Waals surface area contributed by atoms with Crippen molar-refractivity contribution < 1.29 is 4.74 Å². The Kier molecular flexibility index (Phi) is 4.38. The first-order valence-corrected chi connectivity index (χ1v) is 6.34. The zero-order chi connectivity index (χ0) is 14.5. The predicted octanol–water partition coefficient (Wildman–Crippen LogP) is 3.18. The van der Waals surface area contributed by atoms with Gasteiger partial charge < -0.3 is 10.1 Å². The Morgan fingerprint density at radius 2 is 2.00 bits per heavy atom. The number of nitrogens with one attached hydrogen (secondary N) is 1. The van der Waals surface area contributed by atoms with Gasteiger partial charge in [-0.15, -0.1) is 0 Å². The molecule has 0 spiro atoms. The molecule has 5 nitrogen and oxygen atoms in total. The molecule has 1 N–H and O–H groups in total. The van der Waals surface area contributed by atoms with Gasteiger partial charge in [-0.3, -0.25) is 0 Å². The van der Waals surface area contributed by atoms with Gasteiger partial charge in [-0.1, -0.05) is 23.7 Å². The summed E-state index contributed by atoms with van der Waals surface area (Å²) in [4.78, 5) is 7.99. The van der Waals surface area contributed by atoms with Crippen molar-refractivity contribution in [1.82, 2.24) is 9.97 Å². The number of hydrogen-bond donors (Lipinski definition) is 1. The molecule has 20 heavy (non-hydrogen) atoms. The van der Waals surface area contributed by atoms with Gasteiger partial charge in [0.25, 0.3) is 0 Å². The van der Waals surface area contributed by atoms with Gasteiger partial charge in [0, 0.05) is 0 Å². The monoisotopic (exact) mass is 288 g/mol. The second-order valence-corrected chi connectivity index (χ2v) is 4.50. The highest BCUT2D eigenvalue weighted by molar-refractivity contribution is 6.31. The summed E-state index contributed by atoms with van der Waals surface area (Å²) >= 11 is 5.95. The molecule has 0 aliphatic carbocycles. The molecule has 1 unspecified atom stereocenters. The van der Waals surface area contributed by atoms with Crippen molar-refractivity contribution in [3.63, 3.8) is 0 Å². The van der Waals surface area contributed by atoms with Crippen LogP contribution in [0.5, 0.6) is 5.75 Å². The van der Waals surface area contributed by atoms with Gasteiger partial charge in [0.05, 0.1) is 24.8 Å². The van der Waals surface area contributed by atoms with Crippen molar-refractivity contribution in [2.75, 3.05) is 12.4 Å². The van der Waals surface area contributed by atoms with Crippen LogP contribution in [0.25, 0.3) is 0 Å². The summed E-state index contributed by atoms with van der Waals surface area (Å²) in [5.74, 6) is 0.944. The Morgan fingerprint density at radius 3 is 2.60 bits per heavy atom. The molecule has 0 radical (unpaired) electrons. The number of nitrogens with zero attached hydrogens (tertiary/aromatic N) is 3. The van der Waals surface area contributed by atoms with Gasteiger partial charge in [0.1, 0.15) is 6.33 Å². The lowest BCUT2D eigenvalue weighted by Gasteiger charge is -2.17. The van der Waals surface area contributed by atoms with Crippen LogP contribution in [0.1, 0.15) is 24.1 Å². The largest absolute Gasteiger partial charge is 0.490 e. The zero-order valence-corrected chi connectivity index (χ0v) is 11.8. The van der Waals surface area contributed by atoms with Gasteiger partial charge in [-0.2, -0.15) is 5.26 Å². The Bertz CT molecular complexity index is 637. The highest BCUT2D eigenvalue weighted by Gasteiger charge is 2.13. The third-order valence-electron chi connectivity index (χ3n) is 2.86. The van der Waals surface area contributed by atoms with Crippen molar-refractivity contribution in [2.24, 2.45) is 0 Å². The van der Waals surface area contributed by atoms with Crippen LogP contribution in [0.4, 0.5) is 5.82 Å². The zero-order valence-electron chi connectivity index (χ0n) is 11.1. The van der Waals surface area contributed by atoms with Gasteiger partial charge in [-0.05, 0) is 24.6 Å². The smallest absolute Gasteiger partial charge is 0.198 e. The molecule has 0 bridgehead atoms. The van der Waals surface area contributed by atoms with E-state index in [1.165, 1.54) is 13.4 Å². The minimum atomic E-state index is -0.0115. The number of nitriles is 1. The van der Waals surface area contributed by atoms with Crippen LogP contribution >= 0.6 is 11.6 Å². The SMILES string of the molecule is COc1c(Cl)ncnc1NC(C)c1ccc(C#N)cc1. The van der Waals surface area contributed by atoms with E-state index in [4.69, 9.17) is 21.6 Å². The van der Waals surface area contributed by atoms with E-state index >= 15 is 0 Å². The normalized spacial score (nSPS) is 11.5. The fourth-order valence-corrected chi connectivity index (χ4v) is 1.98. The number of aromatic nitrogens is 2. The molecule has 1 atom stereocenters. The summed E-state index contributed by atoms with van der Waals surface area (Å²) in [6.07, 6.45) is 1.37. The van der Waals surface area contributed by atoms with E-state index in [1.807, 2.05) is 19.1 Å². The van der Waals surface area contributed by atoms with Gasteiger partial charge in [0.2, 0.25) is 0 Å². The maximum absolute atomic E-state index is 8.79. The lowest BCUT2D eigenvalue weighted by Crippen LogP contribution is -2.09. The highest BCUT2D eigenvalue weighted by atomic mass is 35.5. The molecule has 102 valence electrons. The quantitative estimate of drug-likeness (QED) is 0.875. The molecule has 1 aromatic carbocycles. The van der Waals surface area contributed by atoms with Crippen LogP contribution in [0.3, 0.4) is 0 Å². The van der Waals surface area contributed by atoms with Gasteiger partial charge in [-0.25, -0.2) is 9.97 Å². The predicted molar refractivity (Wildman–Crippen MR) is 76.8 cm³/mol. The molecule has 2 aromatic rings. The van der Waals surface area contributed by atoms with Crippen molar-refractivity contribution in [3.8, 4) is 11.8 Å². The maximum atomic E-state index is 8.79. The van der Waals surface area contributed by atoms with Crippen LogP contribution in [0.2, 0.25) is 5.15 Å². The summed E-state index contributed by atoms with van der Waals surface area (Å²) in [5, 5.41) is 12.3. The van der Waals surface area contributed by atoms with Crippen molar-refractivity contribution in [3.05, 3.63) is 46.9 Å². The summed E-state index contributed by atoms with van der Waals surface area (Å²) in [7, 11) is 1.52. The van der Waals surface area contributed by atoms with Crippen LogP contribution in [0, 0.1) is 11.3 Å². The summed E-state index contributed by atoms with van der Waals surface area (Å²) < 4.78 is 5.19. The first-order valence-electron chi connectivity index (χ1n) is 5.96.